The molecule has 0 unspecified atom stereocenters. The molecule has 7 heteroatoms. The molecule has 0 bridgehead atoms. The molecule has 0 fully saturated rings. The third-order valence-corrected chi connectivity index (χ3v) is 4.83. The minimum atomic E-state index is 0. The van der Waals surface area contributed by atoms with Crippen LogP contribution in [0.2, 0.25) is 0 Å². The van der Waals surface area contributed by atoms with Gasteiger partial charge in [0.25, 0.3) is 0 Å². The van der Waals surface area contributed by atoms with E-state index in [0.29, 0.717) is 13.2 Å². The summed E-state index contributed by atoms with van der Waals surface area (Å²) in [5, 5.41) is 6.75. The molecule has 6 nitrogen and oxygen atoms in total. The molecule has 0 radical (unpaired) electrons. The zero-order valence-electron chi connectivity index (χ0n) is 18.5. The number of hydrogen-bond acceptors (Lipinski definition) is 3. The summed E-state index contributed by atoms with van der Waals surface area (Å²) in [6, 6.07) is 16.7. The first-order chi connectivity index (χ1) is 14.7. The Morgan fingerprint density at radius 2 is 1.94 bits per heavy atom. The third kappa shape index (κ3) is 7.57. The molecule has 0 saturated heterocycles. The summed E-state index contributed by atoms with van der Waals surface area (Å²) in [5.74, 6) is 2.74. The Hall–Kier alpha value is -2.55. The van der Waals surface area contributed by atoms with Crippen LogP contribution in [0, 0.1) is 6.92 Å². The smallest absolute Gasteiger partial charge is 0.191 e. The van der Waals surface area contributed by atoms with E-state index in [1.165, 1.54) is 11.1 Å². The zero-order valence-corrected chi connectivity index (χ0v) is 20.8. The summed E-state index contributed by atoms with van der Waals surface area (Å²) in [6.07, 6.45) is 4.70. The van der Waals surface area contributed by atoms with Gasteiger partial charge in [0.1, 0.15) is 11.6 Å². The van der Waals surface area contributed by atoms with Crippen LogP contribution in [0.15, 0.2) is 65.9 Å². The van der Waals surface area contributed by atoms with Gasteiger partial charge in [0.05, 0.1) is 6.61 Å². The van der Waals surface area contributed by atoms with Gasteiger partial charge in [0.2, 0.25) is 0 Å². The lowest BCUT2D eigenvalue weighted by atomic mass is 10.1. The Kier molecular flexibility index (Phi) is 10.4. The van der Waals surface area contributed by atoms with E-state index in [0.717, 1.165) is 42.6 Å². The first-order valence-corrected chi connectivity index (χ1v) is 10.4. The highest BCUT2D eigenvalue weighted by molar-refractivity contribution is 14.0. The van der Waals surface area contributed by atoms with Gasteiger partial charge in [-0.25, -0.2) is 4.98 Å². The number of hydrogen-bond donors (Lipinski definition) is 2. The van der Waals surface area contributed by atoms with Gasteiger partial charge < -0.3 is 19.9 Å². The van der Waals surface area contributed by atoms with Gasteiger partial charge in [-0.05, 0) is 31.0 Å². The van der Waals surface area contributed by atoms with Crippen molar-refractivity contribution in [2.75, 3.05) is 20.2 Å². The number of imidazole rings is 1. The van der Waals surface area contributed by atoms with E-state index >= 15 is 0 Å². The summed E-state index contributed by atoms with van der Waals surface area (Å²) in [7, 11) is 1.78. The average Bonchev–Trinajstić information content (AvgIpc) is 3.19. The van der Waals surface area contributed by atoms with Crippen LogP contribution in [0.5, 0.6) is 5.75 Å². The first-order valence-electron chi connectivity index (χ1n) is 10.4. The van der Waals surface area contributed by atoms with Crippen LogP contribution < -0.4 is 15.4 Å². The lowest BCUT2D eigenvalue weighted by Crippen LogP contribution is -2.38. The number of nitrogens with zero attached hydrogens (tertiary/aromatic N) is 3. The SMILES string of the molecule is CCOc1cc(C)ccc1CNC(=NC)NCCc1nccn1Cc1ccccc1.I. The Morgan fingerprint density at radius 1 is 1.13 bits per heavy atom. The molecule has 31 heavy (non-hydrogen) atoms. The molecule has 0 saturated carbocycles. The van der Waals surface area contributed by atoms with E-state index in [9.17, 15) is 0 Å². The summed E-state index contributed by atoms with van der Waals surface area (Å²) in [6.45, 7) is 6.95. The van der Waals surface area contributed by atoms with Crippen molar-refractivity contribution in [3.63, 3.8) is 0 Å². The largest absolute Gasteiger partial charge is 0.494 e. The number of rotatable bonds is 9. The monoisotopic (exact) mass is 533 g/mol. The van der Waals surface area contributed by atoms with Gasteiger partial charge in [-0.3, -0.25) is 4.99 Å². The Balaban J connectivity index is 0.00000341. The van der Waals surface area contributed by atoms with Gasteiger partial charge in [0, 0.05) is 51.1 Å². The fourth-order valence-corrected chi connectivity index (χ4v) is 3.28. The maximum Gasteiger partial charge on any atom is 0.191 e. The minimum Gasteiger partial charge on any atom is -0.494 e. The normalized spacial score (nSPS) is 11.0. The molecule has 2 N–H and O–H groups in total. The predicted octanol–water partition coefficient (Wildman–Crippen LogP) is 4.16. The number of ether oxygens (including phenoxy) is 1. The van der Waals surface area contributed by atoms with Crippen LogP contribution >= 0.6 is 24.0 Å². The van der Waals surface area contributed by atoms with Crippen molar-refractivity contribution < 1.29 is 4.74 Å². The lowest BCUT2D eigenvalue weighted by molar-refractivity contribution is 0.336. The molecule has 2 aromatic carbocycles. The summed E-state index contributed by atoms with van der Waals surface area (Å²) < 4.78 is 7.95. The minimum absolute atomic E-state index is 0. The number of halogens is 1. The van der Waals surface area contributed by atoms with Crippen molar-refractivity contribution in [2.24, 2.45) is 4.99 Å². The molecule has 0 aliphatic rings. The van der Waals surface area contributed by atoms with E-state index in [2.05, 4.69) is 74.6 Å². The van der Waals surface area contributed by atoms with E-state index in [1.807, 2.05) is 25.4 Å². The Bertz CT molecular complexity index is 956. The standard InChI is InChI=1S/C24H31N5O.HI/c1-4-30-22-16-19(2)10-11-21(22)17-28-24(25-3)27-13-12-23-26-14-15-29(23)18-20-8-6-5-7-9-20;/h5-11,14-16H,4,12-13,17-18H2,1-3H3,(H2,25,27,28);1H. The van der Waals surface area contributed by atoms with E-state index in [4.69, 9.17) is 4.74 Å². The average molecular weight is 533 g/mol. The molecule has 0 amide bonds. The highest BCUT2D eigenvalue weighted by Crippen LogP contribution is 2.20. The topological polar surface area (TPSA) is 63.5 Å². The van der Waals surface area contributed by atoms with Crippen molar-refractivity contribution >= 4 is 29.9 Å². The quantitative estimate of drug-likeness (QED) is 0.246. The predicted molar refractivity (Wildman–Crippen MR) is 137 cm³/mol. The fraction of sp³-hybridized carbons (Fsp3) is 0.333. The Morgan fingerprint density at radius 3 is 2.68 bits per heavy atom. The van der Waals surface area contributed by atoms with Crippen LogP contribution in [0.25, 0.3) is 0 Å². The maximum absolute atomic E-state index is 5.76. The molecule has 3 aromatic rings. The molecule has 3 rings (SSSR count). The van der Waals surface area contributed by atoms with Gasteiger partial charge in [0.15, 0.2) is 5.96 Å². The van der Waals surface area contributed by atoms with Crippen molar-refractivity contribution in [3.05, 3.63) is 83.4 Å². The highest BCUT2D eigenvalue weighted by atomic mass is 127. The van der Waals surface area contributed by atoms with Gasteiger partial charge >= 0.3 is 0 Å². The molecular weight excluding hydrogens is 501 g/mol. The first kappa shape index (κ1) is 24.7. The van der Waals surface area contributed by atoms with E-state index < -0.39 is 0 Å². The summed E-state index contributed by atoms with van der Waals surface area (Å²) >= 11 is 0. The fourth-order valence-electron chi connectivity index (χ4n) is 3.28. The molecular formula is C24H32IN5O. The number of aryl methyl sites for hydroxylation is 1. The molecule has 166 valence electrons. The Labute approximate surface area is 202 Å². The molecule has 0 atom stereocenters. The van der Waals surface area contributed by atoms with Crippen LogP contribution in [0.1, 0.15) is 29.4 Å². The van der Waals surface area contributed by atoms with Gasteiger partial charge in [-0.2, -0.15) is 0 Å². The van der Waals surface area contributed by atoms with Crippen LogP contribution in [0.3, 0.4) is 0 Å². The molecule has 1 heterocycles. The van der Waals surface area contributed by atoms with Crippen molar-refractivity contribution in [1.29, 1.82) is 0 Å². The van der Waals surface area contributed by atoms with Crippen LogP contribution in [0.4, 0.5) is 0 Å². The van der Waals surface area contributed by atoms with Crippen molar-refractivity contribution in [1.82, 2.24) is 20.2 Å². The van der Waals surface area contributed by atoms with E-state index in [-0.39, 0.29) is 24.0 Å². The van der Waals surface area contributed by atoms with Crippen LogP contribution in [-0.4, -0.2) is 35.7 Å². The van der Waals surface area contributed by atoms with Crippen molar-refractivity contribution in [3.8, 4) is 5.75 Å². The molecule has 0 spiro atoms. The maximum atomic E-state index is 5.76. The second-order valence-electron chi connectivity index (χ2n) is 7.10. The van der Waals surface area contributed by atoms with Crippen LogP contribution in [-0.2, 0) is 19.5 Å². The molecule has 0 aliphatic carbocycles. The third-order valence-electron chi connectivity index (χ3n) is 4.83. The van der Waals surface area contributed by atoms with Gasteiger partial charge in [-0.1, -0.05) is 42.5 Å². The number of aromatic nitrogens is 2. The summed E-state index contributed by atoms with van der Waals surface area (Å²) in [4.78, 5) is 8.85. The molecule has 0 aliphatic heterocycles. The van der Waals surface area contributed by atoms with Crippen molar-refractivity contribution in [2.45, 2.75) is 33.4 Å². The zero-order chi connectivity index (χ0) is 21.2. The number of benzene rings is 2. The second kappa shape index (κ2) is 13.0. The highest BCUT2D eigenvalue weighted by Gasteiger charge is 2.07. The number of nitrogens with one attached hydrogen (secondary N) is 2. The second-order valence-corrected chi connectivity index (χ2v) is 7.10. The molecule has 1 aromatic heterocycles. The van der Waals surface area contributed by atoms with Gasteiger partial charge in [-0.15, -0.1) is 24.0 Å². The number of aliphatic imine (C=N–C) groups is 1. The summed E-state index contributed by atoms with van der Waals surface area (Å²) in [5.41, 5.74) is 3.57. The lowest BCUT2D eigenvalue weighted by Gasteiger charge is -2.15. The number of guanidine groups is 1. The van der Waals surface area contributed by atoms with E-state index in [1.54, 1.807) is 7.05 Å².